The Bertz CT molecular complexity index is 357. The molecule has 1 aromatic carbocycles. The van der Waals surface area contributed by atoms with Crippen LogP contribution in [0, 0.1) is 11.1 Å². The molecule has 4 nitrogen and oxygen atoms in total. The third-order valence-corrected chi connectivity index (χ3v) is 2.11. The fourth-order valence-corrected chi connectivity index (χ4v) is 1.15. The predicted octanol–water partition coefficient (Wildman–Crippen LogP) is 1.87. The van der Waals surface area contributed by atoms with Gasteiger partial charge in [0, 0.05) is 0 Å². The van der Waals surface area contributed by atoms with Crippen molar-refractivity contribution in [2.45, 2.75) is 6.61 Å². The SMILES string of the molecule is N#CP(=O)(O)OCc1ccccc1. The van der Waals surface area contributed by atoms with E-state index in [2.05, 4.69) is 4.52 Å². The fraction of sp³-hybridized carbons (Fsp3) is 0.125. The van der Waals surface area contributed by atoms with Gasteiger partial charge in [0.15, 0.2) is 5.81 Å². The van der Waals surface area contributed by atoms with Gasteiger partial charge in [-0.2, -0.15) is 5.26 Å². The number of hydrogen-bond acceptors (Lipinski definition) is 3. The van der Waals surface area contributed by atoms with Crippen LogP contribution in [-0.2, 0) is 15.7 Å². The van der Waals surface area contributed by atoms with Crippen molar-refractivity contribution >= 4 is 7.60 Å². The second-order valence-corrected chi connectivity index (χ2v) is 3.88. The highest BCUT2D eigenvalue weighted by molar-refractivity contribution is 7.58. The van der Waals surface area contributed by atoms with Gasteiger partial charge >= 0.3 is 7.60 Å². The molecule has 5 heteroatoms. The van der Waals surface area contributed by atoms with Gasteiger partial charge in [-0.1, -0.05) is 30.3 Å². The molecule has 0 aliphatic heterocycles. The molecule has 0 saturated carbocycles. The molecule has 68 valence electrons. The van der Waals surface area contributed by atoms with Crippen molar-refractivity contribution in [3.8, 4) is 5.81 Å². The molecule has 0 heterocycles. The Balaban J connectivity index is 2.55. The van der Waals surface area contributed by atoms with Crippen LogP contribution in [0.3, 0.4) is 0 Å². The van der Waals surface area contributed by atoms with Gasteiger partial charge < -0.3 is 4.89 Å². The van der Waals surface area contributed by atoms with Gasteiger partial charge in [0.2, 0.25) is 0 Å². The zero-order valence-corrected chi connectivity index (χ0v) is 7.65. The van der Waals surface area contributed by atoms with Crippen LogP contribution >= 0.6 is 7.60 Å². The Morgan fingerprint density at radius 1 is 1.46 bits per heavy atom. The van der Waals surface area contributed by atoms with E-state index in [1.165, 1.54) is 5.81 Å². The van der Waals surface area contributed by atoms with Crippen LogP contribution in [0.2, 0.25) is 0 Å². The highest BCUT2D eigenvalue weighted by atomic mass is 31.2. The lowest BCUT2D eigenvalue weighted by atomic mass is 10.2. The van der Waals surface area contributed by atoms with Crippen LogP contribution in [0.4, 0.5) is 0 Å². The molecule has 0 aliphatic carbocycles. The highest BCUT2D eigenvalue weighted by Crippen LogP contribution is 2.40. The minimum absolute atomic E-state index is 0.0256. The number of hydrogen-bond donors (Lipinski definition) is 1. The lowest BCUT2D eigenvalue weighted by Gasteiger charge is -2.03. The van der Waals surface area contributed by atoms with Crippen LogP contribution in [-0.4, -0.2) is 4.89 Å². The van der Waals surface area contributed by atoms with E-state index in [1.54, 1.807) is 24.3 Å². The van der Waals surface area contributed by atoms with Crippen LogP contribution in [0.5, 0.6) is 0 Å². The smallest absolute Gasteiger partial charge is 0.314 e. The Morgan fingerprint density at radius 3 is 2.62 bits per heavy atom. The zero-order valence-electron chi connectivity index (χ0n) is 6.75. The van der Waals surface area contributed by atoms with Crippen LogP contribution < -0.4 is 0 Å². The fourth-order valence-electron chi connectivity index (χ4n) is 0.765. The lowest BCUT2D eigenvalue weighted by Crippen LogP contribution is -1.88. The normalized spacial score (nSPS) is 14.5. The molecule has 0 aromatic heterocycles. The van der Waals surface area contributed by atoms with Crippen molar-refractivity contribution in [3.05, 3.63) is 35.9 Å². The molecule has 0 fully saturated rings. The molecule has 13 heavy (non-hydrogen) atoms. The summed E-state index contributed by atoms with van der Waals surface area (Å²) in [6.07, 6.45) is 0. The Labute approximate surface area is 75.9 Å². The monoisotopic (exact) mass is 197 g/mol. The highest BCUT2D eigenvalue weighted by Gasteiger charge is 2.17. The van der Waals surface area contributed by atoms with Crippen LogP contribution in [0.25, 0.3) is 0 Å². The summed E-state index contributed by atoms with van der Waals surface area (Å²) in [5, 5.41) is 8.18. The van der Waals surface area contributed by atoms with Gasteiger partial charge in [0.05, 0.1) is 6.61 Å². The van der Waals surface area contributed by atoms with Crippen molar-refractivity contribution in [2.75, 3.05) is 0 Å². The summed E-state index contributed by atoms with van der Waals surface area (Å²) in [5.74, 6) is 1.20. The summed E-state index contributed by atoms with van der Waals surface area (Å²) in [5.41, 5.74) is 0.757. The molecule has 1 aromatic rings. The predicted molar refractivity (Wildman–Crippen MR) is 46.7 cm³/mol. The van der Waals surface area contributed by atoms with E-state index in [4.69, 9.17) is 10.2 Å². The van der Waals surface area contributed by atoms with E-state index < -0.39 is 7.60 Å². The average Bonchev–Trinajstić information content (AvgIpc) is 2.17. The average molecular weight is 197 g/mol. The summed E-state index contributed by atoms with van der Waals surface area (Å²) < 4.78 is 15.2. The summed E-state index contributed by atoms with van der Waals surface area (Å²) in [6, 6.07) is 8.89. The molecule has 1 N–H and O–H groups in total. The van der Waals surface area contributed by atoms with Gasteiger partial charge in [-0.25, -0.2) is 4.57 Å². The molecule has 1 atom stereocenters. The van der Waals surface area contributed by atoms with Crippen molar-refractivity contribution in [3.63, 3.8) is 0 Å². The Morgan fingerprint density at radius 2 is 2.08 bits per heavy atom. The van der Waals surface area contributed by atoms with E-state index >= 15 is 0 Å². The van der Waals surface area contributed by atoms with Crippen molar-refractivity contribution in [1.29, 1.82) is 5.26 Å². The summed E-state index contributed by atoms with van der Waals surface area (Å²) in [6.45, 7) is -0.0256. The van der Waals surface area contributed by atoms with Gasteiger partial charge in [0.25, 0.3) is 0 Å². The molecule has 0 bridgehead atoms. The van der Waals surface area contributed by atoms with E-state index in [9.17, 15) is 4.57 Å². The number of nitrogens with zero attached hydrogens (tertiary/aromatic N) is 1. The quantitative estimate of drug-likeness (QED) is 0.751. The van der Waals surface area contributed by atoms with E-state index in [-0.39, 0.29) is 6.61 Å². The standard InChI is InChI=1S/C8H8NO3P/c9-7-13(10,11)12-6-8-4-2-1-3-5-8/h1-5H,6H2,(H,10,11). The summed E-state index contributed by atoms with van der Waals surface area (Å²) in [7, 11) is -4.03. The first-order valence-electron chi connectivity index (χ1n) is 3.57. The first kappa shape index (κ1) is 9.94. The van der Waals surface area contributed by atoms with Crippen molar-refractivity contribution in [1.82, 2.24) is 0 Å². The van der Waals surface area contributed by atoms with Crippen LogP contribution in [0.1, 0.15) is 5.56 Å². The third kappa shape index (κ3) is 3.39. The molecular formula is C8H8NO3P. The maximum absolute atomic E-state index is 10.7. The number of benzene rings is 1. The minimum atomic E-state index is -4.03. The maximum atomic E-state index is 10.7. The van der Waals surface area contributed by atoms with E-state index in [1.807, 2.05) is 6.07 Å². The zero-order chi connectivity index (χ0) is 9.73. The topological polar surface area (TPSA) is 70.3 Å². The Hall–Kier alpha value is -1.14. The van der Waals surface area contributed by atoms with Gasteiger partial charge in [0.1, 0.15) is 0 Å². The van der Waals surface area contributed by atoms with E-state index in [0.717, 1.165) is 5.56 Å². The first-order chi connectivity index (χ1) is 6.14. The number of rotatable bonds is 3. The molecule has 0 radical (unpaired) electrons. The Kier molecular flexibility index (Phi) is 3.21. The maximum Gasteiger partial charge on any atom is 0.429 e. The number of nitriles is 1. The molecule has 0 amide bonds. The largest absolute Gasteiger partial charge is 0.429 e. The molecule has 1 unspecified atom stereocenters. The van der Waals surface area contributed by atoms with Crippen molar-refractivity contribution in [2.24, 2.45) is 0 Å². The molecule has 0 saturated heterocycles. The van der Waals surface area contributed by atoms with Gasteiger partial charge in [-0.3, -0.25) is 4.52 Å². The van der Waals surface area contributed by atoms with Gasteiger partial charge in [-0.15, -0.1) is 0 Å². The van der Waals surface area contributed by atoms with Crippen molar-refractivity contribution < 1.29 is 14.0 Å². The lowest BCUT2D eigenvalue weighted by molar-refractivity contribution is 0.260. The molecule has 1 rings (SSSR count). The second kappa shape index (κ2) is 4.20. The molecular weight excluding hydrogens is 189 g/mol. The summed E-state index contributed by atoms with van der Waals surface area (Å²) >= 11 is 0. The first-order valence-corrected chi connectivity index (χ1v) is 5.14. The van der Waals surface area contributed by atoms with E-state index in [0.29, 0.717) is 0 Å². The van der Waals surface area contributed by atoms with Gasteiger partial charge in [-0.05, 0) is 5.56 Å². The molecule has 0 aliphatic rings. The van der Waals surface area contributed by atoms with Crippen LogP contribution in [0.15, 0.2) is 30.3 Å². The minimum Gasteiger partial charge on any atom is -0.314 e. The molecule has 0 spiro atoms. The second-order valence-electron chi connectivity index (χ2n) is 2.38. The third-order valence-electron chi connectivity index (χ3n) is 1.38. The summed E-state index contributed by atoms with van der Waals surface area (Å²) in [4.78, 5) is 8.76.